The third-order valence-corrected chi connectivity index (χ3v) is 3.97. The minimum absolute atomic E-state index is 0.593. The quantitative estimate of drug-likeness (QED) is 0.660. The Morgan fingerprint density at radius 3 is 2.67 bits per heavy atom. The molecule has 0 saturated carbocycles. The maximum absolute atomic E-state index is 6.17. The largest absolute Gasteiger partial charge is 0.456 e. The second kappa shape index (κ2) is 7.83. The number of rotatable bonds is 6. The van der Waals surface area contributed by atoms with Crippen LogP contribution in [0.1, 0.15) is 24.5 Å². The van der Waals surface area contributed by atoms with E-state index in [9.17, 15) is 0 Å². The van der Waals surface area contributed by atoms with Crippen molar-refractivity contribution in [3.05, 3.63) is 57.0 Å². The van der Waals surface area contributed by atoms with E-state index >= 15 is 0 Å². The summed E-state index contributed by atoms with van der Waals surface area (Å²) in [4.78, 5) is 0. The van der Waals surface area contributed by atoms with Crippen molar-refractivity contribution in [3.8, 4) is 11.5 Å². The van der Waals surface area contributed by atoms with Crippen molar-refractivity contribution >= 4 is 27.5 Å². The van der Waals surface area contributed by atoms with E-state index in [-0.39, 0.29) is 0 Å². The van der Waals surface area contributed by atoms with Gasteiger partial charge in [-0.3, -0.25) is 0 Å². The molecule has 0 aliphatic heterocycles. The van der Waals surface area contributed by atoms with Crippen molar-refractivity contribution < 1.29 is 4.74 Å². The zero-order chi connectivity index (χ0) is 15.2. The van der Waals surface area contributed by atoms with Crippen LogP contribution in [-0.4, -0.2) is 6.54 Å². The van der Waals surface area contributed by atoms with Gasteiger partial charge in [0.15, 0.2) is 0 Å². The van der Waals surface area contributed by atoms with Gasteiger partial charge >= 0.3 is 0 Å². The van der Waals surface area contributed by atoms with E-state index in [1.165, 1.54) is 11.1 Å². The van der Waals surface area contributed by atoms with Crippen molar-refractivity contribution in [2.24, 2.45) is 0 Å². The molecule has 0 fully saturated rings. The third kappa shape index (κ3) is 4.73. The SMILES string of the molecule is CCCNCc1ccc(Oc2ccc(Br)cc2Cl)cc1C. The summed E-state index contributed by atoms with van der Waals surface area (Å²) < 4.78 is 6.79. The standard InChI is InChI=1S/C17H19BrClNO/c1-3-8-20-11-13-4-6-15(9-12(13)2)21-17-7-5-14(18)10-16(17)19/h4-7,9-10,20H,3,8,11H2,1-2H3. The van der Waals surface area contributed by atoms with Gasteiger partial charge in [-0.15, -0.1) is 0 Å². The highest BCUT2D eigenvalue weighted by Gasteiger charge is 2.06. The topological polar surface area (TPSA) is 21.3 Å². The Morgan fingerprint density at radius 2 is 2.00 bits per heavy atom. The summed E-state index contributed by atoms with van der Waals surface area (Å²) in [6, 6.07) is 11.7. The Balaban J connectivity index is 2.09. The van der Waals surface area contributed by atoms with Gasteiger partial charge in [0.2, 0.25) is 0 Å². The first kappa shape index (κ1) is 16.3. The van der Waals surface area contributed by atoms with Gasteiger partial charge in [-0.05, 0) is 61.3 Å². The highest BCUT2D eigenvalue weighted by molar-refractivity contribution is 9.10. The molecule has 2 aromatic rings. The number of hydrogen-bond acceptors (Lipinski definition) is 2. The van der Waals surface area contributed by atoms with E-state index in [1.807, 2.05) is 30.3 Å². The fraction of sp³-hybridized carbons (Fsp3) is 0.294. The molecule has 0 atom stereocenters. The fourth-order valence-corrected chi connectivity index (χ4v) is 2.73. The van der Waals surface area contributed by atoms with Gasteiger partial charge in [0, 0.05) is 11.0 Å². The molecule has 4 heteroatoms. The normalized spacial score (nSPS) is 10.7. The summed E-state index contributed by atoms with van der Waals surface area (Å²) in [5, 5.41) is 4.00. The van der Waals surface area contributed by atoms with Gasteiger partial charge in [0.05, 0.1) is 5.02 Å². The second-order valence-corrected chi connectivity index (χ2v) is 6.26. The van der Waals surface area contributed by atoms with Gasteiger partial charge in [-0.25, -0.2) is 0 Å². The minimum atomic E-state index is 0.593. The molecule has 0 spiro atoms. The zero-order valence-corrected chi connectivity index (χ0v) is 14.6. The number of hydrogen-bond donors (Lipinski definition) is 1. The van der Waals surface area contributed by atoms with Crippen LogP contribution < -0.4 is 10.1 Å². The van der Waals surface area contributed by atoms with E-state index in [0.717, 1.165) is 29.7 Å². The van der Waals surface area contributed by atoms with Crippen molar-refractivity contribution in [1.82, 2.24) is 5.32 Å². The molecule has 1 N–H and O–H groups in total. The van der Waals surface area contributed by atoms with E-state index in [2.05, 4.69) is 41.2 Å². The second-order valence-electron chi connectivity index (χ2n) is 4.94. The van der Waals surface area contributed by atoms with E-state index in [0.29, 0.717) is 10.8 Å². The Hall–Kier alpha value is -1.03. The lowest BCUT2D eigenvalue weighted by Gasteiger charge is -2.11. The van der Waals surface area contributed by atoms with Crippen molar-refractivity contribution in [3.63, 3.8) is 0 Å². The minimum Gasteiger partial charge on any atom is -0.456 e. The average molecular weight is 369 g/mol. The highest BCUT2D eigenvalue weighted by Crippen LogP contribution is 2.32. The van der Waals surface area contributed by atoms with E-state index in [4.69, 9.17) is 16.3 Å². The molecule has 2 rings (SSSR count). The summed E-state index contributed by atoms with van der Waals surface area (Å²) >= 11 is 9.56. The predicted molar refractivity (Wildman–Crippen MR) is 92.4 cm³/mol. The molecule has 0 unspecified atom stereocenters. The Kier molecular flexibility index (Phi) is 6.09. The van der Waals surface area contributed by atoms with Gasteiger partial charge < -0.3 is 10.1 Å². The highest BCUT2D eigenvalue weighted by atomic mass is 79.9. The molecule has 0 heterocycles. The maximum atomic E-state index is 6.17. The zero-order valence-electron chi connectivity index (χ0n) is 12.2. The monoisotopic (exact) mass is 367 g/mol. The number of benzene rings is 2. The molecule has 0 aliphatic rings. The summed E-state index contributed by atoms with van der Waals surface area (Å²) in [5.74, 6) is 1.46. The summed E-state index contributed by atoms with van der Waals surface area (Å²) in [7, 11) is 0. The predicted octanol–water partition coefficient (Wildman–Crippen LogP) is 5.70. The number of ether oxygens (including phenoxy) is 1. The van der Waals surface area contributed by atoms with Crippen molar-refractivity contribution in [2.45, 2.75) is 26.8 Å². The number of halogens is 2. The molecule has 0 amide bonds. The lowest BCUT2D eigenvalue weighted by Crippen LogP contribution is -2.14. The molecule has 2 aromatic carbocycles. The average Bonchev–Trinajstić information content (AvgIpc) is 2.44. The fourth-order valence-electron chi connectivity index (χ4n) is 2.01. The number of aryl methyl sites for hydroxylation is 1. The van der Waals surface area contributed by atoms with Crippen LogP contribution in [0.2, 0.25) is 5.02 Å². The van der Waals surface area contributed by atoms with Crippen LogP contribution >= 0.6 is 27.5 Å². The molecule has 0 aliphatic carbocycles. The number of nitrogens with one attached hydrogen (secondary N) is 1. The molecule has 2 nitrogen and oxygen atoms in total. The van der Waals surface area contributed by atoms with Crippen LogP contribution in [-0.2, 0) is 6.54 Å². The summed E-state index contributed by atoms with van der Waals surface area (Å²) in [6.07, 6.45) is 1.14. The molecular formula is C17H19BrClNO. The van der Waals surface area contributed by atoms with Gasteiger partial charge in [0.1, 0.15) is 11.5 Å². The molecule has 0 radical (unpaired) electrons. The Morgan fingerprint density at radius 1 is 1.19 bits per heavy atom. The molecule has 0 aromatic heterocycles. The van der Waals surface area contributed by atoms with Gasteiger partial charge in [-0.1, -0.05) is 40.5 Å². The lowest BCUT2D eigenvalue weighted by molar-refractivity contribution is 0.482. The first-order valence-electron chi connectivity index (χ1n) is 7.03. The van der Waals surface area contributed by atoms with Gasteiger partial charge in [0.25, 0.3) is 0 Å². The smallest absolute Gasteiger partial charge is 0.146 e. The molecule has 112 valence electrons. The maximum Gasteiger partial charge on any atom is 0.146 e. The Labute approximate surface area is 139 Å². The first-order valence-corrected chi connectivity index (χ1v) is 8.20. The third-order valence-electron chi connectivity index (χ3n) is 3.18. The van der Waals surface area contributed by atoms with Gasteiger partial charge in [-0.2, -0.15) is 0 Å². The van der Waals surface area contributed by atoms with E-state index in [1.54, 1.807) is 0 Å². The van der Waals surface area contributed by atoms with Crippen molar-refractivity contribution in [2.75, 3.05) is 6.54 Å². The van der Waals surface area contributed by atoms with Crippen LogP contribution in [0.3, 0.4) is 0 Å². The summed E-state index contributed by atoms with van der Waals surface area (Å²) in [6.45, 7) is 6.18. The lowest BCUT2D eigenvalue weighted by atomic mass is 10.1. The molecular weight excluding hydrogens is 350 g/mol. The molecule has 21 heavy (non-hydrogen) atoms. The first-order chi connectivity index (χ1) is 10.1. The summed E-state index contributed by atoms with van der Waals surface area (Å²) in [5.41, 5.74) is 2.50. The van der Waals surface area contributed by atoms with Crippen LogP contribution in [0.5, 0.6) is 11.5 Å². The van der Waals surface area contributed by atoms with Crippen LogP contribution in [0, 0.1) is 6.92 Å². The van der Waals surface area contributed by atoms with Crippen molar-refractivity contribution in [1.29, 1.82) is 0 Å². The Bertz CT molecular complexity index is 616. The molecule has 0 saturated heterocycles. The molecule has 0 bridgehead atoms. The van der Waals surface area contributed by atoms with Crippen LogP contribution in [0.4, 0.5) is 0 Å². The van der Waals surface area contributed by atoms with E-state index < -0.39 is 0 Å². The van der Waals surface area contributed by atoms with Crippen LogP contribution in [0.25, 0.3) is 0 Å². The van der Waals surface area contributed by atoms with Crippen LogP contribution in [0.15, 0.2) is 40.9 Å².